The smallest absolute Gasteiger partial charge is 0.424 e. The van der Waals surface area contributed by atoms with Crippen LogP contribution in [0, 0.1) is 5.82 Å². The van der Waals surface area contributed by atoms with Gasteiger partial charge < -0.3 is 20.5 Å². The highest BCUT2D eigenvalue weighted by Crippen LogP contribution is 2.28. The lowest BCUT2D eigenvalue weighted by molar-refractivity contribution is -0.274. The van der Waals surface area contributed by atoms with Crippen LogP contribution in [0.2, 0.25) is 5.02 Å². The van der Waals surface area contributed by atoms with Crippen LogP contribution in [0.1, 0.15) is 17.3 Å². The molecule has 0 heterocycles. The minimum Gasteiger partial charge on any atom is -0.424 e. The van der Waals surface area contributed by atoms with E-state index in [1.807, 2.05) is 0 Å². The van der Waals surface area contributed by atoms with Gasteiger partial charge in [-0.3, -0.25) is 4.79 Å². The maximum absolute atomic E-state index is 13.7. The maximum atomic E-state index is 13.7. The van der Waals surface area contributed by atoms with E-state index in [2.05, 4.69) is 10.1 Å². The highest BCUT2D eigenvalue weighted by atomic mass is 35.5. The first-order valence-corrected chi connectivity index (χ1v) is 7.97. The topological polar surface area (TPSA) is 90.7 Å². The second-order valence-corrected chi connectivity index (χ2v) is 5.91. The number of hydrogen-bond acceptors (Lipinski definition) is 5. The summed E-state index contributed by atoms with van der Waals surface area (Å²) >= 11 is 5.67. The number of ether oxygens (including phenoxy) is 2. The van der Waals surface area contributed by atoms with Crippen molar-refractivity contribution in [3.63, 3.8) is 0 Å². The van der Waals surface area contributed by atoms with Crippen molar-refractivity contribution < 1.29 is 36.6 Å². The predicted octanol–water partition coefficient (Wildman–Crippen LogP) is 4.30. The molecule has 0 saturated heterocycles. The summed E-state index contributed by atoms with van der Waals surface area (Å²) in [6.07, 6.45) is -4.85. The Morgan fingerprint density at radius 2 is 1.76 bits per heavy atom. The number of halogens is 6. The molecule has 0 saturated carbocycles. The van der Waals surface area contributed by atoms with Crippen LogP contribution in [0.5, 0.6) is 11.5 Å². The number of nitrogens with two attached hydrogens (primary N) is 1. The van der Waals surface area contributed by atoms with E-state index < -0.39 is 46.6 Å². The molecule has 0 aliphatic rings. The van der Waals surface area contributed by atoms with E-state index in [4.69, 9.17) is 22.1 Å². The van der Waals surface area contributed by atoms with Crippen molar-refractivity contribution in [3.05, 3.63) is 52.8 Å². The quantitative estimate of drug-likeness (QED) is 0.397. The summed E-state index contributed by atoms with van der Waals surface area (Å²) in [5.41, 5.74) is 5.19. The van der Waals surface area contributed by atoms with Crippen molar-refractivity contribution in [2.24, 2.45) is 5.73 Å². The Kier molecular flexibility index (Phi) is 8.25. The highest BCUT2D eigenvalue weighted by Gasteiger charge is 2.31. The van der Waals surface area contributed by atoms with Crippen LogP contribution in [0.15, 0.2) is 36.4 Å². The van der Waals surface area contributed by atoms with Crippen LogP contribution >= 0.6 is 24.0 Å². The number of esters is 1. The van der Waals surface area contributed by atoms with E-state index in [9.17, 15) is 27.2 Å². The van der Waals surface area contributed by atoms with Crippen LogP contribution in [0.25, 0.3) is 0 Å². The largest absolute Gasteiger partial charge is 0.573 e. The van der Waals surface area contributed by atoms with Gasteiger partial charge in [0.15, 0.2) is 0 Å². The summed E-state index contributed by atoms with van der Waals surface area (Å²) in [5.74, 6) is -3.59. The van der Waals surface area contributed by atoms with Crippen LogP contribution in [0.4, 0.5) is 23.2 Å². The molecule has 2 aromatic carbocycles. The van der Waals surface area contributed by atoms with Crippen LogP contribution in [-0.2, 0) is 4.79 Å². The van der Waals surface area contributed by atoms with Crippen molar-refractivity contribution in [2.75, 3.05) is 5.32 Å². The first-order valence-electron chi connectivity index (χ1n) is 7.60. The van der Waals surface area contributed by atoms with Gasteiger partial charge in [0.1, 0.15) is 23.4 Å². The van der Waals surface area contributed by atoms with Crippen molar-refractivity contribution in [2.45, 2.75) is 19.3 Å². The molecule has 0 aliphatic heterocycles. The molecule has 12 heteroatoms. The van der Waals surface area contributed by atoms with Gasteiger partial charge in [0.05, 0.1) is 10.6 Å². The first kappa shape index (κ1) is 24.5. The fraction of sp³-hybridized carbons (Fsp3) is 0.176. The number of hydrogen-bond donors (Lipinski definition) is 2. The molecule has 2 rings (SSSR count). The number of carbonyl (C=O) groups excluding carboxylic acids is 2. The second kappa shape index (κ2) is 9.77. The van der Waals surface area contributed by atoms with Gasteiger partial charge in [-0.05, 0) is 37.3 Å². The number of alkyl halides is 3. The highest BCUT2D eigenvalue weighted by molar-refractivity contribution is 6.31. The van der Waals surface area contributed by atoms with Crippen molar-refractivity contribution in [1.29, 1.82) is 0 Å². The van der Waals surface area contributed by atoms with Gasteiger partial charge in [0.2, 0.25) is 0 Å². The zero-order valence-corrected chi connectivity index (χ0v) is 16.1. The molecule has 0 aromatic heterocycles. The van der Waals surface area contributed by atoms with E-state index in [0.717, 1.165) is 36.4 Å². The Labute approximate surface area is 173 Å². The summed E-state index contributed by atoms with van der Waals surface area (Å²) in [6, 6.07) is 4.93. The Bertz CT molecular complexity index is 890. The maximum Gasteiger partial charge on any atom is 0.573 e. The summed E-state index contributed by atoms with van der Waals surface area (Å²) in [7, 11) is 0. The molecule has 158 valence electrons. The van der Waals surface area contributed by atoms with E-state index in [1.54, 1.807) is 0 Å². The molecule has 0 fully saturated rings. The van der Waals surface area contributed by atoms with E-state index in [0.29, 0.717) is 0 Å². The minimum atomic E-state index is -4.85. The van der Waals surface area contributed by atoms with Gasteiger partial charge in [-0.1, -0.05) is 11.6 Å². The number of nitrogens with one attached hydrogen (secondary N) is 1. The van der Waals surface area contributed by atoms with Gasteiger partial charge in [-0.15, -0.1) is 25.6 Å². The molecule has 0 spiro atoms. The molecule has 3 N–H and O–H groups in total. The fourth-order valence-electron chi connectivity index (χ4n) is 1.93. The number of carbonyl (C=O) groups is 2. The molecule has 0 aliphatic carbocycles. The lowest BCUT2D eigenvalue weighted by atomic mass is 10.1. The third-order valence-corrected chi connectivity index (χ3v) is 3.48. The van der Waals surface area contributed by atoms with Gasteiger partial charge in [0, 0.05) is 11.8 Å². The first-order chi connectivity index (χ1) is 13.0. The summed E-state index contributed by atoms with van der Waals surface area (Å²) in [4.78, 5) is 24.1. The van der Waals surface area contributed by atoms with Gasteiger partial charge in [-0.25, -0.2) is 9.18 Å². The minimum absolute atomic E-state index is 0. The molecule has 0 unspecified atom stereocenters. The molecule has 2 aromatic rings. The average molecular weight is 457 g/mol. The van der Waals surface area contributed by atoms with E-state index in [1.165, 1.54) is 6.92 Å². The second-order valence-electron chi connectivity index (χ2n) is 5.50. The van der Waals surface area contributed by atoms with E-state index in [-0.39, 0.29) is 23.7 Å². The van der Waals surface area contributed by atoms with Crippen LogP contribution in [0.3, 0.4) is 0 Å². The third kappa shape index (κ3) is 7.08. The zero-order chi connectivity index (χ0) is 21.1. The average Bonchev–Trinajstić information content (AvgIpc) is 2.58. The lowest BCUT2D eigenvalue weighted by Gasteiger charge is -2.13. The molecule has 6 nitrogen and oxygen atoms in total. The summed E-state index contributed by atoms with van der Waals surface area (Å²) in [6.45, 7) is 1.33. The van der Waals surface area contributed by atoms with E-state index >= 15 is 0 Å². The third-order valence-electron chi connectivity index (χ3n) is 3.20. The standard InChI is InChI=1S/C17H13ClF4N2O4.ClH/c1-8(23)16(26)27-14-7-13(19)12(18)6-11(14)15(25)24-9-2-4-10(5-3-9)28-17(20,21)22;/h2-8H,23H2,1H3,(H,24,25);1H/t8-;/m0./s1. The lowest BCUT2D eigenvalue weighted by Crippen LogP contribution is -2.31. The Balaban J connectivity index is 0.00000420. The predicted molar refractivity (Wildman–Crippen MR) is 99.0 cm³/mol. The number of benzene rings is 2. The number of anilines is 1. The molecule has 1 atom stereocenters. The molecule has 0 radical (unpaired) electrons. The summed E-state index contributed by atoms with van der Waals surface area (Å²) in [5, 5.41) is 1.96. The Hall–Kier alpha value is -2.56. The zero-order valence-electron chi connectivity index (χ0n) is 14.5. The fourth-order valence-corrected chi connectivity index (χ4v) is 2.09. The van der Waals surface area contributed by atoms with Gasteiger partial charge >= 0.3 is 12.3 Å². The van der Waals surface area contributed by atoms with Crippen LogP contribution < -0.4 is 20.5 Å². The van der Waals surface area contributed by atoms with Crippen molar-refractivity contribution >= 4 is 41.6 Å². The van der Waals surface area contributed by atoms with Crippen molar-refractivity contribution in [3.8, 4) is 11.5 Å². The molecule has 29 heavy (non-hydrogen) atoms. The molecule has 0 bridgehead atoms. The summed E-state index contributed by atoms with van der Waals surface area (Å²) < 4.78 is 58.8. The number of rotatable bonds is 5. The molecular weight excluding hydrogens is 443 g/mol. The monoisotopic (exact) mass is 456 g/mol. The van der Waals surface area contributed by atoms with Crippen molar-refractivity contribution in [1.82, 2.24) is 0 Å². The van der Waals surface area contributed by atoms with Gasteiger partial charge in [0.25, 0.3) is 5.91 Å². The molecule has 1 amide bonds. The van der Waals surface area contributed by atoms with Gasteiger partial charge in [-0.2, -0.15) is 0 Å². The number of amides is 1. The Morgan fingerprint density at radius 3 is 2.28 bits per heavy atom. The SMILES string of the molecule is C[C@H](N)C(=O)Oc1cc(F)c(Cl)cc1C(=O)Nc1ccc(OC(F)(F)F)cc1.Cl. The Morgan fingerprint density at radius 1 is 1.17 bits per heavy atom. The normalized spacial score (nSPS) is 11.8. The van der Waals surface area contributed by atoms with Crippen LogP contribution in [-0.4, -0.2) is 24.3 Å². The molecular formula is C17H14Cl2F4N2O4.